The fourth-order valence-corrected chi connectivity index (χ4v) is 27.0. The van der Waals surface area contributed by atoms with Gasteiger partial charge < -0.3 is 18.3 Å². The van der Waals surface area contributed by atoms with E-state index in [0.717, 1.165) is 60.9 Å². The van der Waals surface area contributed by atoms with E-state index in [4.69, 9.17) is 8.83 Å². The molecule has 0 N–H and O–H groups in total. The fourth-order valence-electron chi connectivity index (χ4n) is 27.0. The summed E-state index contributed by atoms with van der Waals surface area (Å²) in [4.78, 5) is 2.86. The van der Waals surface area contributed by atoms with Gasteiger partial charge in [-0.25, -0.2) is 0 Å². The van der Waals surface area contributed by atoms with Gasteiger partial charge in [0.05, 0.1) is 16.7 Å². The minimum Gasteiger partial charge on any atom is -0.456 e. The van der Waals surface area contributed by atoms with Crippen LogP contribution in [0.1, 0.15) is 434 Å². The van der Waals surface area contributed by atoms with E-state index < -0.39 is 0 Å². The molecule has 4 aliphatic rings. The van der Waals surface area contributed by atoms with E-state index in [2.05, 4.69) is 271 Å². The molecule has 0 aliphatic heterocycles. The SMILES string of the molecule is CCCCCCCCC1(CCCCCCCC)c2cc(N(c3ccc4c(c3)C(CCCCCCC)(CCCCCCC)c3c5c(c6oc7ccccc7c6c3-4)-c3ccccc3C5(CCCCCCC)CCCCCCC)c3cccc4c5ccccc5n(-c5ccccc5)c34)ccc2-c2cc3c(cc21)-c1c(ccc2oc4ccccc4c12)C3(CCCCCCCC)CCCCCCCC. The van der Waals surface area contributed by atoms with Crippen LogP contribution in [-0.4, -0.2) is 4.57 Å². The van der Waals surface area contributed by atoms with E-state index >= 15 is 0 Å². The average Bonchev–Trinajstić information content (AvgIpc) is 1.49. The van der Waals surface area contributed by atoms with Crippen LogP contribution < -0.4 is 4.90 Å². The molecule has 0 fully saturated rings. The molecule has 4 aliphatic carbocycles. The first-order valence-electron chi connectivity index (χ1n) is 55.6. The lowest BCUT2D eigenvalue weighted by molar-refractivity contribution is 0.369. The Labute approximate surface area is 807 Å². The summed E-state index contributed by atoms with van der Waals surface area (Å²) in [7, 11) is 0. The molecule has 14 aromatic rings. The summed E-state index contributed by atoms with van der Waals surface area (Å²) in [6.07, 6.45) is 64.9. The van der Waals surface area contributed by atoms with E-state index in [1.165, 1.54) is 406 Å². The van der Waals surface area contributed by atoms with Crippen molar-refractivity contribution in [2.75, 3.05) is 4.90 Å². The molecule has 0 bridgehead atoms. The highest BCUT2D eigenvalue weighted by atomic mass is 16.3. The Hall–Kier alpha value is -9.38. The van der Waals surface area contributed by atoms with Crippen molar-refractivity contribution in [2.45, 2.75) is 411 Å². The third kappa shape index (κ3) is 18.2. The topological polar surface area (TPSA) is 34.5 Å². The smallest absolute Gasteiger partial charge is 0.144 e. The van der Waals surface area contributed by atoms with E-state index in [0.29, 0.717) is 0 Å². The van der Waals surface area contributed by atoms with Crippen LogP contribution in [0.4, 0.5) is 17.1 Å². The molecule has 0 unspecified atom stereocenters. The van der Waals surface area contributed by atoms with E-state index in [-0.39, 0.29) is 21.7 Å². The molecule has 0 atom stereocenters. The number of unbranched alkanes of at least 4 members (excludes halogenated alkanes) is 36. The maximum Gasteiger partial charge on any atom is 0.144 e. The molecule has 4 heteroatoms. The lowest BCUT2D eigenvalue weighted by atomic mass is 9.62. The van der Waals surface area contributed by atoms with Crippen molar-refractivity contribution >= 4 is 82.7 Å². The van der Waals surface area contributed by atoms with Gasteiger partial charge in [-0.1, -0.05) is 465 Å². The fraction of sp³-hybridized carbons (Fsp3) is 0.492. The second-order valence-electron chi connectivity index (χ2n) is 42.5. The van der Waals surface area contributed by atoms with Crippen LogP contribution >= 0.6 is 0 Å². The van der Waals surface area contributed by atoms with Crippen molar-refractivity contribution in [1.29, 1.82) is 0 Å². The molecule has 0 saturated heterocycles. The summed E-state index contributed by atoms with van der Waals surface area (Å²) in [6.45, 7) is 19.1. The Bertz CT molecular complexity index is 6210. The Morgan fingerprint density at radius 2 is 0.619 bits per heavy atom. The van der Waals surface area contributed by atoms with Crippen LogP contribution in [0.5, 0.6) is 0 Å². The molecule has 3 heterocycles. The third-order valence-corrected chi connectivity index (χ3v) is 33.7. The zero-order valence-corrected chi connectivity index (χ0v) is 84.1. The summed E-state index contributed by atoms with van der Waals surface area (Å²) in [6, 6.07) is 83.8. The summed E-state index contributed by atoms with van der Waals surface area (Å²) in [5.41, 5.74) is 35.2. The maximum atomic E-state index is 7.80. The van der Waals surface area contributed by atoms with Crippen LogP contribution in [0.25, 0.3) is 116 Å². The monoisotopic (exact) mass is 1780 g/mol. The molecule has 134 heavy (non-hydrogen) atoms. The number of rotatable bonds is 56. The van der Waals surface area contributed by atoms with Gasteiger partial charge in [-0.2, -0.15) is 0 Å². The molecule has 4 nitrogen and oxygen atoms in total. The van der Waals surface area contributed by atoms with Gasteiger partial charge in [-0.05, 0) is 214 Å². The van der Waals surface area contributed by atoms with Gasteiger partial charge in [0.25, 0.3) is 0 Å². The van der Waals surface area contributed by atoms with E-state index in [1.54, 1.807) is 44.5 Å². The summed E-state index contributed by atoms with van der Waals surface area (Å²) in [5, 5.41) is 7.78. The summed E-state index contributed by atoms with van der Waals surface area (Å²) in [5.74, 6) is 0. The summed E-state index contributed by atoms with van der Waals surface area (Å²) < 4.78 is 17.6. The minimum absolute atomic E-state index is 0.142. The van der Waals surface area contributed by atoms with Crippen LogP contribution in [0.3, 0.4) is 0 Å². The Morgan fingerprint density at radius 3 is 1.15 bits per heavy atom. The number of fused-ring (bicyclic) bond motifs is 25. The van der Waals surface area contributed by atoms with Gasteiger partial charge in [0.15, 0.2) is 0 Å². The van der Waals surface area contributed by atoms with Gasteiger partial charge in [0.1, 0.15) is 22.3 Å². The first kappa shape index (κ1) is 95.0. The van der Waals surface area contributed by atoms with Crippen LogP contribution in [0.2, 0.25) is 0 Å². The first-order chi connectivity index (χ1) is 66.2. The predicted molar refractivity (Wildman–Crippen MR) is 580 cm³/mol. The van der Waals surface area contributed by atoms with Crippen molar-refractivity contribution in [3.05, 3.63) is 251 Å². The molecular formula is C130H162N2O2. The standard InChI is InChI=1S/C130H162N2O2/c1-9-17-25-33-41-56-83-127(84-57-42-34-26-18-10-2)108-81-82-117-119(103-69-50-54-75-115(103)133-117)118(108)106-94-111-105(93-112(106)127)98-79-77-96(91-109(98)128(111,85-58-43-35-27-19-11-3)86-59-44-36-28-20-12-4)131(114-74-64-71-100-99-67-49-53-73-113(99)132(125(100)114)95-65-46-45-47-66-95)97-78-80-102-110(92-97)130(89-62-39-31-23-15-7,90-63-40-32-24-16-8)123-120(102)121-104-70-51-55-76-116(104)134-126(121)122-101-68-48-52-72-107(101)129(124(122)123,87-60-37-29-21-13-5)88-61-38-30-22-14-6/h45-55,64-82,91-94H,9-44,56-63,83-90H2,1-8H3. The predicted octanol–water partition coefficient (Wildman–Crippen LogP) is 41.6. The van der Waals surface area contributed by atoms with Crippen molar-refractivity contribution in [3.63, 3.8) is 0 Å². The molecule has 0 amide bonds. The van der Waals surface area contributed by atoms with Crippen LogP contribution in [0, 0.1) is 0 Å². The Kier molecular flexibility index (Phi) is 31.5. The molecule has 18 rings (SSSR count). The van der Waals surface area contributed by atoms with Gasteiger partial charge in [-0.15, -0.1) is 0 Å². The Morgan fingerprint density at radius 1 is 0.239 bits per heavy atom. The lowest BCUT2D eigenvalue weighted by Crippen LogP contribution is -2.33. The molecule has 0 radical (unpaired) electrons. The second kappa shape index (κ2) is 44.4. The maximum absolute atomic E-state index is 7.80. The van der Waals surface area contributed by atoms with Gasteiger partial charge in [0.2, 0.25) is 0 Å². The molecule has 0 saturated carbocycles. The zero-order valence-electron chi connectivity index (χ0n) is 84.1. The molecule has 704 valence electrons. The zero-order chi connectivity index (χ0) is 91.9. The van der Waals surface area contributed by atoms with Gasteiger partial charge in [0, 0.05) is 76.6 Å². The van der Waals surface area contributed by atoms with Crippen LogP contribution in [-0.2, 0) is 21.7 Å². The third-order valence-electron chi connectivity index (χ3n) is 33.7. The number of anilines is 3. The quantitative estimate of drug-likeness (QED) is 0.0356. The number of furan rings is 2. The van der Waals surface area contributed by atoms with Gasteiger partial charge in [-0.3, -0.25) is 0 Å². The highest BCUT2D eigenvalue weighted by molar-refractivity contribution is 6.22. The van der Waals surface area contributed by atoms with E-state index in [1.807, 2.05) is 0 Å². The van der Waals surface area contributed by atoms with Crippen LogP contribution in [0.15, 0.2) is 215 Å². The van der Waals surface area contributed by atoms with Crippen molar-refractivity contribution in [1.82, 2.24) is 4.57 Å². The normalized spacial score (nSPS) is 14.4. The average molecular weight is 1780 g/mol. The number of benzene rings is 11. The number of nitrogens with zero attached hydrogens (tertiary/aromatic N) is 2. The molecule has 0 spiro atoms. The lowest BCUT2D eigenvalue weighted by Gasteiger charge is -2.40. The highest BCUT2D eigenvalue weighted by Gasteiger charge is 2.55. The van der Waals surface area contributed by atoms with Crippen molar-refractivity contribution < 1.29 is 8.83 Å². The summed E-state index contributed by atoms with van der Waals surface area (Å²) >= 11 is 0. The molecule has 11 aromatic carbocycles. The van der Waals surface area contributed by atoms with Gasteiger partial charge >= 0.3 is 0 Å². The first-order valence-corrected chi connectivity index (χ1v) is 55.6. The van der Waals surface area contributed by atoms with Crippen molar-refractivity contribution in [2.24, 2.45) is 0 Å². The highest BCUT2D eigenvalue weighted by Crippen LogP contribution is 2.69. The van der Waals surface area contributed by atoms with E-state index in [9.17, 15) is 0 Å². The van der Waals surface area contributed by atoms with Crippen molar-refractivity contribution in [3.8, 4) is 50.2 Å². The number of hydrogen-bond donors (Lipinski definition) is 0. The molecular weight excluding hydrogens is 1620 g/mol. The number of aromatic nitrogens is 1. The second-order valence-corrected chi connectivity index (χ2v) is 42.5. The number of hydrogen-bond acceptors (Lipinski definition) is 3. The minimum atomic E-state index is -0.320. The Balaban J connectivity index is 0.926. The number of para-hydroxylation sites is 5. The largest absolute Gasteiger partial charge is 0.456 e. The molecule has 3 aromatic heterocycles.